The van der Waals surface area contributed by atoms with Gasteiger partial charge in [-0.25, -0.2) is 14.8 Å². The van der Waals surface area contributed by atoms with Crippen LogP contribution in [0.2, 0.25) is 5.02 Å². The number of aryl methyl sites for hydroxylation is 2. The van der Waals surface area contributed by atoms with E-state index in [1.807, 2.05) is 37.3 Å². The van der Waals surface area contributed by atoms with Crippen LogP contribution in [0, 0.1) is 6.92 Å². The lowest BCUT2D eigenvalue weighted by Crippen LogP contribution is -2.43. The summed E-state index contributed by atoms with van der Waals surface area (Å²) in [5.74, 6) is -0.0652. The maximum atomic E-state index is 12.9. The molecule has 0 saturated heterocycles. The van der Waals surface area contributed by atoms with Crippen molar-refractivity contribution in [2.45, 2.75) is 20.0 Å². The number of carbonyl (C=O) groups excluding carboxylic acids is 1. The molecule has 0 atom stereocenters. The van der Waals surface area contributed by atoms with Gasteiger partial charge in [0.2, 0.25) is 5.91 Å². The topological polar surface area (TPSA) is 98.9 Å². The molecule has 8 nitrogen and oxygen atoms in total. The molecule has 0 unspecified atom stereocenters. The Balaban J connectivity index is 1.63. The average molecular weight is 450 g/mol. The molecule has 1 amide bonds. The maximum absolute atomic E-state index is 12.9. The van der Waals surface area contributed by atoms with Crippen LogP contribution in [0.5, 0.6) is 0 Å². The van der Waals surface area contributed by atoms with Crippen LogP contribution >= 0.6 is 11.6 Å². The number of benzene rings is 2. The number of hydrogen-bond acceptors (Lipinski definition) is 5. The van der Waals surface area contributed by atoms with Crippen molar-refractivity contribution in [1.82, 2.24) is 24.4 Å². The van der Waals surface area contributed by atoms with E-state index in [0.717, 1.165) is 21.3 Å². The molecular formula is C23H20ClN5O3. The first-order valence-corrected chi connectivity index (χ1v) is 10.3. The lowest BCUT2D eigenvalue weighted by Gasteiger charge is -2.11. The summed E-state index contributed by atoms with van der Waals surface area (Å²) in [6.45, 7) is 1.79. The molecule has 0 aliphatic carbocycles. The summed E-state index contributed by atoms with van der Waals surface area (Å²) in [7, 11) is 1.51. The zero-order valence-electron chi connectivity index (χ0n) is 17.5. The monoisotopic (exact) mass is 449 g/mol. The van der Waals surface area contributed by atoms with E-state index >= 15 is 0 Å². The molecular weight excluding hydrogens is 430 g/mol. The fourth-order valence-corrected chi connectivity index (χ4v) is 3.52. The Morgan fingerprint density at radius 3 is 2.59 bits per heavy atom. The second kappa shape index (κ2) is 8.76. The first kappa shape index (κ1) is 21.5. The number of rotatable bonds is 5. The lowest BCUT2D eigenvalue weighted by atomic mass is 10.1. The Morgan fingerprint density at radius 2 is 1.88 bits per heavy atom. The first-order valence-electron chi connectivity index (χ1n) is 9.88. The third-order valence-corrected chi connectivity index (χ3v) is 5.31. The number of nitrogens with one attached hydrogen (secondary N) is 1. The third-order valence-electron chi connectivity index (χ3n) is 5.07. The molecule has 9 heteroatoms. The van der Waals surface area contributed by atoms with E-state index in [4.69, 9.17) is 11.6 Å². The van der Waals surface area contributed by atoms with Gasteiger partial charge >= 0.3 is 5.69 Å². The largest absolute Gasteiger partial charge is 0.350 e. The van der Waals surface area contributed by atoms with E-state index in [9.17, 15) is 14.4 Å². The normalized spacial score (nSPS) is 11.0. The van der Waals surface area contributed by atoms with Crippen molar-refractivity contribution in [3.05, 3.63) is 91.7 Å². The van der Waals surface area contributed by atoms with Crippen LogP contribution in [0.4, 0.5) is 0 Å². The van der Waals surface area contributed by atoms with Crippen LogP contribution < -0.4 is 16.6 Å². The highest BCUT2D eigenvalue weighted by molar-refractivity contribution is 6.30. The number of carbonyl (C=O) groups is 1. The number of nitrogens with zero attached hydrogens (tertiary/aromatic N) is 4. The fraction of sp³-hybridized carbons (Fsp3) is 0.174. The molecule has 0 bridgehead atoms. The van der Waals surface area contributed by atoms with E-state index in [-0.39, 0.29) is 17.6 Å². The average Bonchev–Trinajstić information content (AvgIpc) is 2.79. The van der Waals surface area contributed by atoms with Gasteiger partial charge in [0.1, 0.15) is 11.9 Å². The van der Waals surface area contributed by atoms with Crippen molar-refractivity contribution in [3.63, 3.8) is 0 Å². The minimum Gasteiger partial charge on any atom is -0.350 e. The summed E-state index contributed by atoms with van der Waals surface area (Å²) < 4.78 is 2.13. The van der Waals surface area contributed by atoms with E-state index < -0.39 is 23.7 Å². The van der Waals surface area contributed by atoms with Crippen molar-refractivity contribution in [2.24, 2.45) is 7.05 Å². The molecule has 162 valence electrons. The number of aromatic nitrogens is 4. The molecule has 2 heterocycles. The number of halogens is 1. The van der Waals surface area contributed by atoms with E-state index in [1.165, 1.54) is 17.8 Å². The Hall–Kier alpha value is -3.78. The minimum atomic E-state index is -0.631. The summed E-state index contributed by atoms with van der Waals surface area (Å²) in [6, 6.07) is 14.7. The van der Waals surface area contributed by atoms with Gasteiger partial charge in [0.05, 0.1) is 0 Å². The van der Waals surface area contributed by atoms with Gasteiger partial charge < -0.3 is 5.32 Å². The van der Waals surface area contributed by atoms with Crippen molar-refractivity contribution in [2.75, 3.05) is 0 Å². The number of hydrogen-bond donors (Lipinski definition) is 1. The van der Waals surface area contributed by atoms with Crippen LogP contribution in [0.15, 0.2) is 64.3 Å². The summed E-state index contributed by atoms with van der Waals surface area (Å²) in [4.78, 5) is 46.9. The van der Waals surface area contributed by atoms with Gasteiger partial charge in [-0.15, -0.1) is 0 Å². The molecule has 0 aliphatic heterocycles. The van der Waals surface area contributed by atoms with E-state index in [1.54, 1.807) is 18.2 Å². The zero-order valence-corrected chi connectivity index (χ0v) is 18.3. The Bertz CT molecular complexity index is 1440. The quantitative estimate of drug-likeness (QED) is 0.504. The van der Waals surface area contributed by atoms with Gasteiger partial charge in [-0.2, -0.15) is 0 Å². The van der Waals surface area contributed by atoms with Crippen LogP contribution in [0.25, 0.3) is 22.4 Å². The molecule has 0 aliphatic rings. The molecule has 0 spiro atoms. The summed E-state index contributed by atoms with van der Waals surface area (Å²) in [5, 5.41) is 3.41. The first-order chi connectivity index (χ1) is 15.3. The van der Waals surface area contributed by atoms with E-state index in [0.29, 0.717) is 10.8 Å². The third kappa shape index (κ3) is 4.31. The Kier molecular flexibility index (Phi) is 5.87. The second-order valence-corrected chi connectivity index (χ2v) is 7.87. The predicted molar refractivity (Wildman–Crippen MR) is 123 cm³/mol. The summed E-state index contributed by atoms with van der Waals surface area (Å²) >= 11 is 5.95. The molecule has 1 N–H and O–H groups in total. The zero-order chi connectivity index (χ0) is 22.8. The van der Waals surface area contributed by atoms with Crippen LogP contribution in [-0.4, -0.2) is 25.0 Å². The predicted octanol–water partition coefficient (Wildman–Crippen LogP) is 2.44. The maximum Gasteiger partial charge on any atom is 0.332 e. The van der Waals surface area contributed by atoms with Gasteiger partial charge in [-0.1, -0.05) is 53.6 Å². The smallest absolute Gasteiger partial charge is 0.332 e. The molecule has 4 aromatic rings. The van der Waals surface area contributed by atoms with Gasteiger partial charge in [-0.3, -0.25) is 18.7 Å². The summed E-state index contributed by atoms with van der Waals surface area (Å²) in [6.07, 6.45) is 1.39. The Morgan fingerprint density at radius 1 is 1.12 bits per heavy atom. The molecule has 2 aromatic carbocycles. The lowest BCUT2D eigenvalue weighted by molar-refractivity contribution is -0.121. The molecule has 4 rings (SSSR count). The fourth-order valence-electron chi connectivity index (χ4n) is 3.31. The Labute approximate surface area is 188 Å². The molecule has 0 fully saturated rings. The van der Waals surface area contributed by atoms with Gasteiger partial charge in [0.25, 0.3) is 5.56 Å². The van der Waals surface area contributed by atoms with Gasteiger partial charge in [0.15, 0.2) is 11.5 Å². The number of fused-ring (bicyclic) bond motifs is 1. The minimum absolute atomic E-state index is 0.158. The molecule has 0 radical (unpaired) electrons. The highest BCUT2D eigenvalue weighted by Crippen LogP contribution is 2.17. The van der Waals surface area contributed by atoms with Crippen molar-refractivity contribution >= 4 is 28.5 Å². The van der Waals surface area contributed by atoms with Gasteiger partial charge in [-0.05, 0) is 24.6 Å². The molecule has 32 heavy (non-hydrogen) atoms. The standard InChI is InChI=1S/C23H20ClN5O3/c1-14-6-8-16(9-7-14)20-26-12-18-21(27-20)28(2)23(32)29(22(18)31)13-19(30)25-11-15-4-3-5-17(24)10-15/h3-10,12H,11,13H2,1-2H3,(H,25,30). The van der Waals surface area contributed by atoms with Crippen LogP contribution in [0.1, 0.15) is 11.1 Å². The number of amides is 1. The highest BCUT2D eigenvalue weighted by atomic mass is 35.5. The summed E-state index contributed by atoms with van der Waals surface area (Å²) in [5.41, 5.74) is 1.64. The van der Waals surface area contributed by atoms with Crippen molar-refractivity contribution in [3.8, 4) is 11.4 Å². The van der Waals surface area contributed by atoms with E-state index in [2.05, 4.69) is 15.3 Å². The second-order valence-electron chi connectivity index (χ2n) is 7.44. The van der Waals surface area contributed by atoms with Crippen LogP contribution in [-0.2, 0) is 24.9 Å². The SMILES string of the molecule is Cc1ccc(-c2ncc3c(=O)n(CC(=O)NCc4cccc(Cl)c4)c(=O)n(C)c3n2)cc1. The molecule has 0 saturated carbocycles. The van der Waals surface area contributed by atoms with Crippen LogP contribution in [0.3, 0.4) is 0 Å². The van der Waals surface area contributed by atoms with Crippen molar-refractivity contribution in [1.29, 1.82) is 0 Å². The van der Waals surface area contributed by atoms with Crippen molar-refractivity contribution < 1.29 is 4.79 Å². The molecule has 2 aromatic heterocycles. The van der Waals surface area contributed by atoms with Gasteiger partial charge in [0, 0.05) is 30.4 Å². The highest BCUT2D eigenvalue weighted by Gasteiger charge is 2.16.